The lowest BCUT2D eigenvalue weighted by molar-refractivity contribution is 0.612. The highest BCUT2D eigenvalue weighted by molar-refractivity contribution is 5.82. The lowest BCUT2D eigenvalue weighted by Crippen LogP contribution is -2.06. The van der Waals surface area contributed by atoms with Crippen molar-refractivity contribution in [3.8, 4) is 11.3 Å². The smallest absolute Gasteiger partial charge is 0.203 e. The summed E-state index contributed by atoms with van der Waals surface area (Å²) in [5, 5.41) is 3.16. The van der Waals surface area contributed by atoms with E-state index in [0.717, 1.165) is 22.3 Å². The molecule has 1 N–H and O–H groups in total. The van der Waals surface area contributed by atoms with Gasteiger partial charge in [0.05, 0.1) is 17.4 Å². The Bertz CT molecular complexity index is 1070. The summed E-state index contributed by atoms with van der Waals surface area (Å²) in [7, 11) is 1.88. The molecule has 0 saturated heterocycles. The molecule has 0 unspecified atom stereocenters. The van der Waals surface area contributed by atoms with Gasteiger partial charge in [0.1, 0.15) is 17.2 Å². The molecule has 0 aliphatic heterocycles. The van der Waals surface area contributed by atoms with Crippen LogP contribution in [0.15, 0.2) is 60.8 Å². The molecule has 0 saturated carbocycles. The normalized spacial score (nSPS) is 11.0. The van der Waals surface area contributed by atoms with Crippen molar-refractivity contribution >= 4 is 17.0 Å². The predicted molar refractivity (Wildman–Crippen MR) is 97.6 cm³/mol. The molecule has 6 heteroatoms. The van der Waals surface area contributed by atoms with E-state index in [0.29, 0.717) is 18.1 Å². The third-order valence-corrected chi connectivity index (χ3v) is 4.30. The lowest BCUT2D eigenvalue weighted by Gasteiger charge is -2.07. The first-order valence-electron chi connectivity index (χ1n) is 8.17. The number of benzene rings is 2. The minimum absolute atomic E-state index is 0.251. The third kappa shape index (κ3) is 3.01. The van der Waals surface area contributed by atoms with Gasteiger partial charge in [0.15, 0.2) is 0 Å². The molecular formula is C20H16F2N4. The average molecular weight is 350 g/mol. The maximum atomic E-state index is 13.8. The molecule has 26 heavy (non-hydrogen) atoms. The van der Waals surface area contributed by atoms with Gasteiger partial charge in [-0.1, -0.05) is 18.2 Å². The van der Waals surface area contributed by atoms with Gasteiger partial charge in [0.25, 0.3) is 0 Å². The van der Waals surface area contributed by atoms with Crippen molar-refractivity contribution in [3.63, 3.8) is 0 Å². The number of anilines is 1. The number of hydrogen-bond acceptors (Lipinski definition) is 3. The highest BCUT2D eigenvalue weighted by Gasteiger charge is 2.11. The number of halogens is 2. The van der Waals surface area contributed by atoms with E-state index in [4.69, 9.17) is 0 Å². The van der Waals surface area contributed by atoms with E-state index >= 15 is 0 Å². The fourth-order valence-electron chi connectivity index (χ4n) is 2.85. The molecule has 130 valence electrons. The van der Waals surface area contributed by atoms with Gasteiger partial charge >= 0.3 is 0 Å². The molecule has 0 bridgehead atoms. The number of fused-ring (bicyclic) bond motifs is 1. The zero-order chi connectivity index (χ0) is 18.1. The van der Waals surface area contributed by atoms with Crippen LogP contribution in [0.5, 0.6) is 0 Å². The number of rotatable bonds is 4. The topological polar surface area (TPSA) is 42.7 Å². The molecule has 0 radical (unpaired) electrons. The molecule has 0 spiro atoms. The lowest BCUT2D eigenvalue weighted by atomic mass is 10.1. The van der Waals surface area contributed by atoms with Crippen LogP contribution in [-0.2, 0) is 13.6 Å². The number of aryl methyl sites for hydroxylation is 1. The monoisotopic (exact) mass is 350 g/mol. The Balaban J connectivity index is 1.64. The van der Waals surface area contributed by atoms with Crippen LogP contribution in [-0.4, -0.2) is 14.5 Å². The number of aromatic nitrogens is 3. The summed E-state index contributed by atoms with van der Waals surface area (Å²) in [6.45, 7) is 0.335. The minimum Gasteiger partial charge on any atom is -0.351 e. The van der Waals surface area contributed by atoms with E-state index in [-0.39, 0.29) is 11.6 Å². The molecular weight excluding hydrogens is 334 g/mol. The molecule has 0 aliphatic rings. The Morgan fingerprint density at radius 2 is 1.81 bits per heavy atom. The van der Waals surface area contributed by atoms with Crippen LogP contribution in [0.1, 0.15) is 5.56 Å². The van der Waals surface area contributed by atoms with E-state index in [9.17, 15) is 8.78 Å². The second kappa shape index (κ2) is 6.55. The molecule has 0 amide bonds. The molecule has 2 heterocycles. The van der Waals surface area contributed by atoms with Crippen molar-refractivity contribution in [1.82, 2.24) is 14.5 Å². The maximum absolute atomic E-state index is 13.8. The van der Waals surface area contributed by atoms with Crippen LogP contribution in [0.4, 0.5) is 14.7 Å². The zero-order valence-corrected chi connectivity index (χ0v) is 14.1. The first-order valence-corrected chi connectivity index (χ1v) is 8.17. The second-order valence-electron chi connectivity index (χ2n) is 6.00. The highest BCUT2D eigenvalue weighted by Crippen LogP contribution is 2.24. The van der Waals surface area contributed by atoms with E-state index < -0.39 is 0 Å². The van der Waals surface area contributed by atoms with Crippen molar-refractivity contribution in [1.29, 1.82) is 0 Å². The maximum Gasteiger partial charge on any atom is 0.203 e. The quantitative estimate of drug-likeness (QED) is 0.588. The van der Waals surface area contributed by atoms with Crippen LogP contribution >= 0.6 is 0 Å². The molecule has 2 aromatic carbocycles. The van der Waals surface area contributed by atoms with Crippen LogP contribution in [0.3, 0.4) is 0 Å². The number of hydrogen-bond donors (Lipinski definition) is 1. The number of nitrogens with zero attached hydrogens (tertiary/aromatic N) is 3. The summed E-state index contributed by atoms with van der Waals surface area (Å²) in [4.78, 5) is 8.92. The van der Waals surface area contributed by atoms with Gasteiger partial charge in [-0.25, -0.2) is 13.8 Å². The van der Waals surface area contributed by atoms with E-state index in [1.807, 2.05) is 17.7 Å². The van der Waals surface area contributed by atoms with Gasteiger partial charge in [0, 0.05) is 24.7 Å². The molecule has 4 rings (SSSR count). The summed E-state index contributed by atoms with van der Waals surface area (Å²) in [6.07, 6.45) is 1.68. The van der Waals surface area contributed by atoms with Gasteiger partial charge in [-0.2, -0.15) is 0 Å². The van der Waals surface area contributed by atoms with Crippen molar-refractivity contribution in [2.24, 2.45) is 7.05 Å². The summed E-state index contributed by atoms with van der Waals surface area (Å²) < 4.78 is 28.8. The van der Waals surface area contributed by atoms with E-state index in [1.165, 1.54) is 18.2 Å². The van der Waals surface area contributed by atoms with Crippen molar-refractivity contribution in [2.45, 2.75) is 6.54 Å². The first kappa shape index (κ1) is 16.2. The predicted octanol–water partition coefficient (Wildman–Crippen LogP) is 4.53. The van der Waals surface area contributed by atoms with Gasteiger partial charge < -0.3 is 9.88 Å². The zero-order valence-electron chi connectivity index (χ0n) is 14.1. The largest absolute Gasteiger partial charge is 0.351 e. The average Bonchev–Trinajstić information content (AvgIpc) is 2.97. The Morgan fingerprint density at radius 1 is 1.04 bits per heavy atom. The van der Waals surface area contributed by atoms with Crippen molar-refractivity contribution in [2.75, 3.05) is 5.32 Å². The van der Waals surface area contributed by atoms with Gasteiger partial charge in [-0.05, 0) is 36.4 Å². The van der Waals surface area contributed by atoms with E-state index in [1.54, 1.807) is 36.5 Å². The number of pyridine rings is 1. The Kier molecular flexibility index (Phi) is 4.08. The number of nitrogens with one attached hydrogen (secondary N) is 1. The fourth-order valence-corrected chi connectivity index (χ4v) is 2.85. The third-order valence-electron chi connectivity index (χ3n) is 4.30. The van der Waals surface area contributed by atoms with Crippen molar-refractivity contribution < 1.29 is 8.78 Å². The van der Waals surface area contributed by atoms with Crippen LogP contribution in [0.2, 0.25) is 0 Å². The van der Waals surface area contributed by atoms with Gasteiger partial charge in [-0.15, -0.1) is 0 Å². The number of imidazole rings is 1. The Hall–Kier alpha value is -3.28. The fraction of sp³-hybridized carbons (Fsp3) is 0.100. The Labute approximate surface area is 149 Å². The highest BCUT2D eigenvalue weighted by atomic mass is 19.1. The summed E-state index contributed by atoms with van der Waals surface area (Å²) >= 11 is 0. The molecule has 2 aromatic heterocycles. The van der Waals surface area contributed by atoms with Crippen molar-refractivity contribution in [3.05, 3.63) is 78.0 Å². The molecule has 0 atom stereocenters. The molecule has 4 aromatic rings. The molecule has 0 fully saturated rings. The first-order chi connectivity index (χ1) is 12.6. The standard InChI is InChI=1S/C20H16F2N4/c1-26-19-10-17(13-6-8-15(21)9-7-13)23-12-18(19)25-20(26)24-11-14-4-2-3-5-16(14)22/h2-10,12H,11H2,1H3,(H,24,25). The summed E-state index contributed by atoms with van der Waals surface area (Å²) in [5.41, 5.74) is 3.76. The molecule has 4 nitrogen and oxygen atoms in total. The summed E-state index contributed by atoms with van der Waals surface area (Å²) in [6, 6.07) is 14.7. The Morgan fingerprint density at radius 3 is 2.58 bits per heavy atom. The summed E-state index contributed by atoms with van der Waals surface area (Å²) in [5.74, 6) is 0.0929. The van der Waals surface area contributed by atoms with Gasteiger partial charge in [-0.3, -0.25) is 4.98 Å². The molecule has 0 aliphatic carbocycles. The SMILES string of the molecule is Cn1c(NCc2ccccc2F)nc2cnc(-c3ccc(F)cc3)cc21. The minimum atomic E-state index is -0.282. The van der Waals surface area contributed by atoms with Crippen LogP contribution in [0.25, 0.3) is 22.3 Å². The van der Waals surface area contributed by atoms with Crippen LogP contribution in [0, 0.1) is 11.6 Å². The van der Waals surface area contributed by atoms with E-state index in [2.05, 4.69) is 15.3 Å². The second-order valence-corrected chi connectivity index (χ2v) is 6.00. The van der Waals surface area contributed by atoms with Crippen LogP contribution < -0.4 is 5.32 Å². The van der Waals surface area contributed by atoms with Gasteiger partial charge in [0.2, 0.25) is 5.95 Å².